The Morgan fingerprint density at radius 1 is 1.29 bits per heavy atom. The van der Waals surface area contributed by atoms with Crippen LogP contribution in [0, 0.1) is 0 Å². The van der Waals surface area contributed by atoms with Crippen LogP contribution in [-0.4, -0.2) is 29.7 Å². The number of hydrogen-bond acceptors (Lipinski definition) is 3. The second-order valence-electron chi connectivity index (χ2n) is 6.44. The molecule has 0 unspecified atom stereocenters. The third-order valence-corrected chi connectivity index (χ3v) is 3.34. The number of hydrogen-bond donors (Lipinski definition) is 1. The highest BCUT2D eigenvalue weighted by Crippen LogP contribution is 2.21. The predicted molar refractivity (Wildman–Crippen MR) is 85.9 cm³/mol. The molecule has 0 bridgehead atoms. The van der Waals surface area contributed by atoms with Crippen molar-refractivity contribution in [3.63, 3.8) is 0 Å². The maximum atomic E-state index is 12.0. The molecule has 0 atom stereocenters. The van der Waals surface area contributed by atoms with E-state index in [9.17, 15) is 4.79 Å². The van der Waals surface area contributed by atoms with Crippen LogP contribution in [0.15, 0.2) is 29.8 Å². The zero-order chi connectivity index (χ0) is 15.5. The van der Waals surface area contributed by atoms with Gasteiger partial charge in [0.15, 0.2) is 0 Å². The first kappa shape index (κ1) is 15.4. The summed E-state index contributed by atoms with van der Waals surface area (Å²) in [5, 5.41) is 0. The fraction of sp³-hybridized carbons (Fsp3) is 0.471. The van der Waals surface area contributed by atoms with E-state index in [-0.39, 0.29) is 6.09 Å². The molecule has 1 aromatic carbocycles. The number of carbonyl (C=O) groups excluding carboxylic acids is 1. The van der Waals surface area contributed by atoms with Crippen LogP contribution >= 0.6 is 0 Å². The Bertz CT molecular complexity index is 534. The van der Waals surface area contributed by atoms with Crippen molar-refractivity contribution in [1.29, 1.82) is 0 Å². The number of nitrogens with zero attached hydrogens (tertiary/aromatic N) is 1. The van der Waals surface area contributed by atoms with Crippen LogP contribution in [0.1, 0.15) is 39.2 Å². The Morgan fingerprint density at radius 3 is 2.52 bits per heavy atom. The lowest BCUT2D eigenvalue weighted by molar-refractivity contribution is 0.0237. The van der Waals surface area contributed by atoms with Gasteiger partial charge in [-0.3, -0.25) is 0 Å². The van der Waals surface area contributed by atoms with Gasteiger partial charge in [0, 0.05) is 18.8 Å². The van der Waals surface area contributed by atoms with Gasteiger partial charge in [-0.1, -0.05) is 23.8 Å². The summed E-state index contributed by atoms with van der Waals surface area (Å²) < 4.78 is 5.40. The molecule has 1 aliphatic heterocycles. The van der Waals surface area contributed by atoms with Crippen LogP contribution in [0.5, 0.6) is 0 Å². The van der Waals surface area contributed by atoms with Crippen molar-refractivity contribution in [1.82, 2.24) is 4.90 Å². The molecule has 1 saturated heterocycles. The summed E-state index contributed by atoms with van der Waals surface area (Å²) in [5.41, 5.74) is 8.59. The van der Waals surface area contributed by atoms with Crippen molar-refractivity contribution in [2.24, 2.45) is 0 Å². The first-order valence-electron chi connectivity index (χ1n) is 7.36. The maximum Gasteiger partial charge on any atom is 0.410 e. The van der Waals surface area contributed by atoms with Crippen molar-refractivity contribution < 1.29 is 9.53 Å². The molecule has 1 aromatic rings. The van der Waals surface area contributed by atoms with E-state index in [4.69, 9.17) is 10.5 Å². The third kappa shape index (κ3) is 4.81. The first-order valence-corrected chi connectivity index (χ1v) is 7.36. The lowest BCUT2D eigenvalue weighted by Gasteiger charge is -2.31. The van der Waals surface area contributed by atoms with Gasteiger partial charge in [0.1, 0.15) is 5.60 Å². The van der Waals surface area contributed by atoms with Crippen molar-refractivity contribution in [2.75, 3.05) is 18.8 Å². The normalized spacial score (nSPS) is 15.8. The highest BCUT2D eigenvalue weighted by molar-refractivity contribution is 5.68. The lowest BCUT2D eigenvalue weighted by Crippen LogP contribution is -2.40. The van der Waals surface area contributed by atoms with E-state index in [0.717, 1.165) is 24.1 Å². The number of amides is 1. The topological polar surface area (TPSA) is 55.6 Å². The Morgan fingerprint density at radius 2 is 1.95 bits per heavy atom. The van der Waals surface area contributed by atoms with Gasteiger partial charge in [-0.25, -0.2) is 4.79 Å². The molecule has 1 fully saturated rings. The minimum atomic E-state index is -0.436. The van der Waals surface area contributed by atoms with Crippen molar-refractivity contribution in [3.8, 4) is 0 Å². The predicted octanol–water partition coefficient (Wildman–Crippen LogP) is 3.68. The van der Waals surface area contributed by atoms with Crippen LogP contribution in [0.4, 0.5) is 10.5 Å². The number of likely N-dealkylation sites (tertiary alicyclic amines) is 1. The average molecular weight is 288 g/mol. The molecule has 4 heteroatoms. The molecule has 114 valence electrons. The van der Waals surface area contributed by atoms with Crippen LogP contribution in [0.25, 0.3) is 6.08 Å². The zero-order valence-electron chi connectivity index (χ0n) is 13.1. The minimum absolute atomic E-state index is 0.217. The van der Waals surface area contributed by atoms with Crippen LogP contribution in [-0.2, 0) is 4.74 Å². The highest BCUT2D eigenvalue weighted by atomic mass is 16.6. The summed E-state index contributed by atoms with van der Waals surface area (Å²) in [7, 11) is 0. The molecule has 0 radical (unpaired) electrons. The summed E-state index contributed by atoms with van der Waals surface area (Å²) in [6.45, 7) is 7.09. The summed E-state index contributed by atoms with van der Waals surface area (Å²) in [6.07, 6.45) is 3.72. The van der Waals surface area contributed by atoms with E-state index in [2.05, 4.69) is 6.08 Å². The van der Waals surface area contributed by atoms with Crippen LogP contribution in [0.3, 0.4) is 0 Å². The molecule has 21 heavy (non-hydrogen) atoms. The largest absolute Gasteiger partial charge is 0.444 e. The number of rotatable bonds is 1. The molecule has 0 spiro atoms. The average Bonchev–Trinajstić information content (AvgIpc) is 2.37. The van der Waals surface area contributed by atoms with Gasteiger partial charge in [0.25, 0.3) is 0 Å². The van der Waals surface area contributed by atoms with E-state index in [1.807, 2.05) is 45.0 Å². The van der Waals surface area contributed by atoms with Gasteiger partial charge in [0.05, 0.1) is 0 Å². The highest BCUT2D eigenvalue weighted by Gasteiger charge is 2.24. The third-order valence-electron chi connectivity index (χ3n) is 3.34. The van der Waals surface area contributed by atoms with Crippen LogP contribution in [0.2, 0.25) is 0 Å². The molecule has 1 heterocycles. The van der Waals surface area contributed by atoms with Gasteiger partial charge in [-0.05, 0) is 51.3 Å². The Kier molecular flexibility index (Phi) is 4.56. The second-order valence-corrected chi connectivity index (χ2v) is 6.44. The second kappa shape index (κ2) is 6.20. The minimum Gasteiger partial charge on any atom is -0.444 e. The van der Waals surface area contributed by atoms with E-state index in [0.29, 0.717) is 13.1 Å². The van der Waals surface area contributed by atoms with Crippen molar-refractivity contribution in [3.05, 3.63) is 35.4 Å². The number of nitrogens with two attached hydrogens (primary N) is 1. The SMILES string of the molecule is CC(C)(C)OC(=O)N1CCC(=Cc2cccc(N)c2)CC1. The molecule has 2 rings (SSSR count). The number of piperidine rings is 1. The van der Waals surface area contributed by atoms with E-state index >= 15 is 0 Å². The summed E-state index contributed by atoms with van der Waals surface area (Å²) in [6, 6.07) is 7.85. The smallest absolute Gasteiger partial charge is 0.410 e. The van der Waals surface area contributed by atoms with Gasteiger partial charge >= 0.3 is 6.09 Å². The summed E-state index contributed by atoms with van der Waals surface area (Å²) in [4.78, 5) is 13.8. The van der Waals surface area contributed by atoms with Gasteiger partial charge < -0.3 is 15.4 Å². The monoisotopic (exact) mass is 288 g/mol. The number of carbonyl (C=O) groups is 1. The summed E-state index contributed by atoms with van der Waals surface area (Å²) in [5.74, 6) is 0. The van der Waals surface area contributed by atoms with Crippen molar-refractivity contribution in [2.45, 2.75) is 39.2 Å². The molecule has 0 aliphatic carbocycles. The summed E-state index contributed by atoms with van der Waals surface area (Å²) >= 11 is 0. The van der Waals surface area contributed by atoms with E-state index in [1.165, 1.54) is 5.57 Å². The molecular formula is C17H24N2O2. The number of nitrogen functional groups attached to an aromatic ring is 1. The molecule has 0 aromatic heterocycles. The fourth-order valence-electron chi connectivity index (χ4n) is 2.33. The Hall–Kier alpha value is -1.97. The Labute approximate surface area is 126 Å². The molecule has 2 N–H and O–H groups in total. The Balaban J connectivity index is 1.93. The van der Waals surface area contributed by atoms with Gasteiger partial charge in [-0.15, -0.1) is 0 Å². The molecular weight excluding hydrogens is 264 g/mol. The van der Waals surface area contributed by atoms with Gasteiger partial charge in [0.2, 0.25) is 0 Å². The number of ether oxygens (including phenoxy) is 1. The zero-order valence-corrected chi connectivity index (χ0v) is 13.1. The van der Waals surface area contributed by atoms with E-state index < -0.39 is 5.60 Å². The van der Waals surface area contributed by atoms with Crippen molar-refractivity contribution >= 4 is 17.9 Å². The number of anilines is 1. The molecule has 0 saturated carbocycles. The molecule has 4 nitrogen and oxygen atoms in total. The molecule has 1 amide bonds. The molecule has 1 aliphatic rings. The standard InChI is InChI=1S/C17H24N2O2/c1-17(2,3)21-16(20)19-9-7-13(8-10-19)11-14-5-4-6-15(18)12-14/h4-6,11-12H,7-10,18H2,1-3H3. The van der Waals surface area contributed by atoms with E-state index in [1.54, 1.807) is 4.90 Å². The number of benzene rings is 1. The first-order chi connectivity index (χ1) is 9.83. The quantitative estimate of drug-likeness (QED) is 0.802. The lowest BCUT2D eigenvalue weighted by atomic mass is 10.0. The fourth-order valence-corrected chi connectivity index (χ4v) is 2.33. The van der Waals surface area contributed by atoms with Gasteiger partial charge in [-0.2, -0.15) is 0 Å². The van der Waals surface area contributed by atoms with Crippen LogP contribution < -0.4 is 5.73 Å². The maximum absolute atomic E-state index is 12.0.